The van der Waals surface area contributed by atoms with Crippen LogP contribution in [0.2, 0.25) is 0 Å². The summed E-state index contributed by atoms with van der Waals surface area (Å²) >= 11 is 0. The number of carbonyl (C=O) groups excluding carboxylic acids is 1. The molecule has 3 N–H and O–H groups in total. The zero-order valence-electron chi connectivity index (χ0n) is 12.0. The molecule has 1 atom stereocenters. The minimum atomic E-state index is -1.06. The second-order valence-electron chi connectivity index (χ2n) is 5.21. The molecule has 0 spiro atoms. The van der Waals surface area contributed by atoms with Crippen molar-refractivity contribution in [2.75, 3.05) is 32.0 Å². The van der Waals surface area contributed by atoms with E-state index in [9.17, 15) is 9.59 Å². The first kappa shape index (κ1) is 15.2. The highest BCUT2D eigenvalue weighted by atomic mass is 16.4. The third-order valence-electron chi connectivity index (χ3n) is 3.54. The number of nitrogens with one attached hydrogen (secondary N) is 2. The number of hydrogen-bond donors (Lipinski definition) is 3. The molecule has 1 fully saturated rings. The summed E-state index contributed by atoms with van der Waals surface area (Å²) in [6, 6.07) is 1.20. The quantitative estimate of drug-likeness (QED) is 0.776. The Morgan fingerprint density at radius 2 is 2.29 bits per heavy atom. The van der Waals surface area contributed by atoms with Gasteiger partial charge in [-0.25, -0.2) is 9.59 Å². The van der Waals surface area contributed by atoms with Crippen molar-refractivity contribution in [1.82, 2.24) is 15.2 Å². The average Bonchev–Trinajstić information content (AvgIpc) is 2.48. The van der Waals surface area contributed by atoms with E-state index in [0.29, 0.717) is 18.2 Å². The molecular formula is C14H20N4O3. The van der Waals surface area contributed by atoms with Gasteiger partial charge in [0.1, 0.15) is 0 Å². The Hall–Kier alpha value is -2.15. The van der Waals surface area contributed by atoms with Gasteiger partial charge in [-0.1, -0.05) is 0 Å². The topological polar surface area (TPSA) is 94.6 Å². The predicted octanol–water partition coefficient (Wildman–Crippen LogP) is 1.24. The molecule has 1 aliphatic rings. The molecule has 0 aromatic carbocycles. The summed E-state index contributed by atoms with van der Waals surface area (Å²) in [7, 11) is 1.90. The largest absolute Gasteiger partial charge is 0.478 e. The van der Waals surface area contributed by atoms with Crippen LogP contribution in [0.3, 0.4) is 0 Å². The van der Waals surface area contributed by atoms with Crippen LogP contribution in [0.15, 0.2) is 18.5 Å². The van der Waals surface area contributed by atoms with Gasteiger partial charge in [0.2, 0.25) is 0 Å². The Labute approximate surface area is 123 Å². The first-order chi connectivity index (χ1) is 10.1. The monoisotopic (exact) mass is 292 g/mol. The summed E-state index contributed by atoms with van der Waals surface area (Å²) in [5.74, 6) is -0.608. The first-order valence-corrected chi connectivity index (χ1v) is 6.99. The summed E-state index contributed by atoms with van der Waals surface area (Å²) < 4.78 is 0. The Morgan fingerprint density at radius 3 is 3.00 bits per heavy atom. The van der Waals surface area contributed by atoms with Crippen molar-refractivity contribution in [3.63, 3.8) is 0 Å². The first-order valence-electron chi connectivity index (χ1n) is 6.99. The number of aromatic nitrogens is 1. The Balaban J connectivity index is 1.97. The molecule has 1 aromatic heterocycles. The highest BCUT2D eigenvalue weighted by molar-refractivity contribution is 5.92. The number of amides is 2. The number of pyridine rings is 1. The van der Waals surface area contributed by atoms with Crippen molar-refractivity contribution in [2.24, 2.45) is 5.92 Å². The standard InChI is InChI=1S/C14H20N4O3/c1-15-6-10-3-2-4-18(9-10)14(21)17-12-5-11(13(19)20)7-16-8-12/h5,7-8,10,15H,2-4,6,9H2,1H3,(H,17,21)(H,19,20). The number of likely N-dealkylation sites (tertiary alicyclic amines) is 1. The van der Waals surface area contributed by atoms with Gasteiger partial charge in [-0.2, -0.15) is 0 Å². The molecule has 7 nitrogen and oxygen atoms in total. The number of aromatic carboxylic acids is 1. The molecule has 0 saturated carbocycles. The van der Waals surface area contributed by atoms with Gasteiger partial charge in [-0.05, 0) is 38.4 Å². The number of piperidine rings is 1. The lowest BCUT2D eigenvalue weighted by Crippen LogP contribution is -2.44. The van der Waals surface area contributed by atoms with Crippen molar-refractivity contribution >= 4 is 17.7 Å². The number of carbonyl (C=O) groups is 2. The van der Waals surface area contributed by atoms with Crippen molar-refractivity contribution in [3.8, 4) is 0 Å². The summed E-state index contributed by atoms with van der Waals surface area (Å²) in [5.41, 5.74) is 0.454. The van der Waals surface area contributed by atoms with Crippen LogP contribution >= 0.6 is 0 Å². The smallest absolute Gasteiger partial charge is 0.337 e. The van der Waals surface area contributed by atoms with Crippen LogP contribution in [0.1, 0.15) is 23.2 Å². The minimum Gasteiger partial charge on any atom is -0.478 e. The van der Waals surface area contributed by atoms with Crippen molar-refractivity contribution in [3.05, 3.63) is 24.0 Å². The van der Waals surface area contributed by atoms with Gasteiger partial charge in [0.05, 0.1) is 17.4 Å². The molecule has 0 bridgehead atoms. The molecule has 1 aliphatic heterocycles. The Morgan fingerprint density at radius 1 is 1.48 bits per heavy atom. The molecule has 0 radical (unpaired) electrons. The third-order valence-corrected chi connectivity index (χ3v) is 3.54. The number of urea groups is 1. The molecule has 2 rings (SSSR count). The maximum atomic E-state index is 12.2. The summed E-state index contributed by atoms with van der Waals surface area (Å²) in [6.45, 7) is 2.32. The molecule has 1 saturated heterocycles. The second kappa shape index (κ2) is 7.03. The highest BCUT2D eigenvalue weighted by Gasteiger charge is 2.23. The zero-order chi connectivity index (χ0) is 15.2. The second-order valence-corrected chi connectivity index (χ2v) is 5.21. The van der Waals surface area contributed by atoms with Gasteiger partial charge in [0.15, 0.2) is 0 Å². The lowest BCUT2D eigenvalue weighted by Gasteiger charge is -2.32. The minimum absolute atomic E-state index is 0.0551. The summed E-state index contributed by atoms with van der Waals surface area (Å²) in [4.78, 5) is 28.7. The number of anilines is 1. The zero-order valence-corrected chi connectivity index (χ0v) is 12.0. The maximum absolute atomic E-state index is 12.2. The van der Waals surface area contributed by atoms with Crippen molar-refractivity contribution in [2.45, 2.75) is 12.8 Å². The van der Waals surface area contributed by atoms with Crippen LogP contribution in [0, 0.1) is 5.92 Å². The molecule has 2 amide bonds. The van der Waals surface area contributed by atoms with E-state index < -0.39 is 5.97 Å². The van der Waals surface area contributed by atoms with Crippen LogP contribution in [-0.4, -0.2) is 53.7 Å². The van der Waals surface area contributed by atoms with Crippen molar-refractivity contribution in [1.29, 1.82) is 0 Å². The number of nitrogens with zero attached hydrogens (tertiary/aromatic N) is 2. The predicted molar refractivity (Wildman–Crippen MR) is 78.4 cm³/mol. The van der Waals surface area contributed by atoms with Crippen LogP contribution in [0.4, 0.5) is 10.5 Å². The molecule has 21 heavy (non-hydrogen) atoms. The molecular weight excluding hydrogens is 272 g/mol. The van der Waals surface area contributed by atoms with E-state index in [1.54, 1.807) is 4.90 Å². The highest BCUT2D eigenvalue weighted by Crippen LogP contribution is 2.17. The number of hydrogen-bond acceptors (Lipinski definition) is 4. The van der Waals surface area contributed by atoms with Gasteiger partial charge in [-0.15, -0.1) is 0 Å². The SMILES string of the molecule is CNCC1CCCN(C(=O)Nc2cncc(C(=O)O)c2)C1. The van der Waals surface area contributed by atoms with Gasteiger partial charge >= 0.3 is 12.0 Å². The van der Waals surface area contributed by atoms with E-state index in [4.69, 9.17) is 5.11 Å². The van der Waals surface area contributed by atoms with E-state index in [2.05, 4.69) is 15.6 Å². The lowest BCUT2D eigenvalue weighted by atomic mass is 9.98. The van der Waals surface area contributed by atoms with Crippen LogP contribution in [0.25, 0.3) is 0 Å². The summed E-state index contributed by atoms with van der Waals surface area (Å²) in [6.07, 6.45) is 4.79. The molecule has 2 heterocycles. The molecule has 1 aromatic rings. The van der Waals surface area contributed by atoms with E-state index in [0.717, 1.165) is 25.9 Å². The van der Waals surface area contributed by atoms with E-state index in [-0.39, 0.29) is 11.6 Å². The summed E-state index contributed by atoms with van der Waals surface area (Å²) in [5, 5.41) is 14.8. The fourth-order valence-corrected chi connectivity index (χ4v) is 2.53. The van der Waals surface area contributed by atoms with E-state index >= 15 is 0 Å². The number of rotatable bonds is 4. The van der Waals surface area contributed by atoms with Gasteiger partial charge in [-0.3, -0.25) is 4.98 Å². The Kier molecular flexibility index (Phi) is 5.10. The normalized spacial score (nSPS) is 18.3. The average molecular weight is 292 g/mol. The van der Waals surface area contributed by atoms with Gasteiger partial charge < -0.3 is 20.6 Å². The van der Waals surface area contributed by atoms with Crippen LogP contribution in [-0.2, 0) is 0 Å². The molecule has 1 unspecified atom stereocenters. The Bertz CT molecular complexity index is 519. The van der Waals surface area contributed by atoms with Crippen LogP contribution < -0.4 is 10.6 Å². The van der Waals surface area contributed by atoms with Gasteiger partial charge in [0, 0.05) is 19.3 Å². The van der Waals surface area contributed by atoms with Crippen molar-refractivity contribution < 1.29 is 14.7 Å². The van der Waals surface area contributed by atoms with Crippen LogP contribution in [0.5, 0.6) is 0 Å². The molecule has 0 aliphatic carbocycles. The van der Waals surface area contributed by atoms with E-state index in [1.165, 1.54) is 18.5 Å². The molecule has 114 valence electrons. The van der Waals surface area contributed by atoms with E-state index in [1.807, 2.05) is 7.05 Å². The fourth-order valence-electron chi connectivity index (χ4n) is 2.53. The van der Waals surface area contributed by atoms with Gasteiger partial charge in [0.25, 0.3) is 0 Å². The molecule has 7 heteroatoms. The number of carboxylic acid groups (broad SMARTS) is 1. The number of carboxylic acids is 1. The third kappa shape index (κ3) is 4.16. The lowest BCUT2D eigenvalue weighted by molar-refractivity contribution is 0.0696. The fraction of sp³-hybridized carbons (Fsp3) is 0.500. The maximum Gasteiger partial charge on any atom is 0.337 e.